The highest BCUT2D eigenvalue weighted by molar-refractivity contribution is 5.39. The first-order valence-electron chi connectivity index (χ1n) is 6.44. The summed E-state index contributed by atoms with van der Waals surface area (Å²) < 4.78 is 18.7. The second-order valence-electron chi connectivity index (χ2n) is 4.34. The third kappa shape index (κ3) is 3.32. The highest BCUT2D eigenvalue weighted by atomic mass is 19.1. The molecule has 0 heterocycles. The minimum atomic E-state index is -0.262. The molecule has 2 rings (SSSR count). The summed E-state index contributed by atoms with van der Waals surface area (Å²) >= 11 is 0. The summed E-state index contributed by atoms with van der Waals surface area (Å²) in [6, 6.07) is 14.2. The average Bonchev–Trinajstić information content (AvgIpc) is 2.44. The van der Waals surface area contributed by atoms with Crippen LogP contribution < -0.4 is 10.1 Å². The first-order chi connectivity index (χ1) is 9.24. The van der Waals surface area contributed by atoms with Crippen LogP contribution in [0.2, 0.25) is 0 Å². The summed E-state index contributed by atoms with van der Waals surface area (Å²) in [5.74, 6) is 1.18. The zero-order valence-corrected chi connectivity index (χ0v) is 11.2. The monoisotopic (exact) mass is 259 g/mol. The third-order valence-electron chi connectivity index (χ3n) is 3.09. The van der Waals surface area contributed by atoms with E-state index in [1.807, 2.05) is 31.3 Å². The van der Waals surface area contributed by atoms with Crippen LogP contribution in [0.1, 0.15) is 24.9 Å². The number of benzene rings is 2. The van der Waals surface area contributed by atoms with Crippen LogP contribution in [0, 0.1) is 5.82 Å². The van der Waals surface area contributed by atoms with Gasteiger partial charge in [-0.05, 0) is 43.8 Å². The fourth-order valence-electron chi connectivity index (χ4n) is 2.07. The van der Waals surface area contributed by atoms with Gasteiger partial charge in [-0.15, -0.1) is 0 Å². The number of nitrogens with one attached hydrogen (secondary N) is 1. The van der Waals surface area contributed by atoms with Crippen molar-refractivity contribution in [2.24, 2.45) is 0 Å². The lowest BCUT2D eigenvalue weighted by Crippen LogP contribution is -2.15. The molecule has 0 bridgehead atoms. The topological polar surface area (TPSA) is 21.3 Å². The Labute approximate surface area is 113 Å². The van der Waals surface area contributed by atoms with Crippen molar-refractivity contribution in [1.82, 2.24) is 5.32 Å². The largest absolute Gasteiger partial charge is 0.457 e. The van der Waals surface area contributed by atoms with Gasteiger partial charge in [0.1, 0.15) is 17.3 Å². The van der Waals surface area contributed by atoms with Crippen LogP contribution in [0.15, 0.2) is 48.5 Å². The van der Waals surface area contributed by atoms with Gasteiger partial charge in [-0.3, -0.25) is 0 Å². The van der Waals surface area contributed by atoms with Gasteiger partial charge < -0.3 is 10.1 Å². The Kier molecular flexibility index (Phi) is 4.53. The van der Waals surface area contributed by atoms with Crippen molar-refractivity contribution in [1.29, 1.82) is 0 Å². The number of halogens is 1. The molecule has 1 unspecified atom stereocenters. The lowest BCUT2D eigenvalue weighted by Gasteiger charge is -2.18. The highest BCUT2D eigenvalue weighted by Gasteiger charge is 2.12. The minimum absolute atomic E-state index is 0.247. The molecule has 0 fully saturated rings. The Morgan fingerprint density at radius 1 is 1.11 bits per heavy atom. The van der Waals surface area contributed by atoms with E-state index in [9.17, 15) is 4.39 Å². The highest BCUT2D eigenvalue weighted by Crippen LogP contribution is 2.30. The molecule has 0 amide bonds. The summed E-state index contributed by atoms with van der Waals surface area (Å²) in [7, 11) is 1.93. The van der Waals surface area contributed by atoms with Crippen LogP contribution in [0.25, 0.3) is 0 Å². The molecule has 2 aromatic carbocycles. The predicted molar refractivity (Wildman–Crippen MR) is 75.0 cm³/mol. The Morgan fingerprint density at radius 2 is 1.79 bits per heavy atom. The summed E-state index contributed by atoms with van der Waals surface area (Å²) in [6.45, 7) is 2.12. The molecule has 0 aliphatic rings. The molecule has 0 spiro atoms. The Bertz CT molecular complexity index is 521. The van der Waals surface area contributed by atoms with E-state index < -0.39 is 0 Å². The third-order valence-corrected chi connectivity index (χ3v) is 3.09. The van der Waals surface area contributed by atoms with Crippen LogP contribution in [0.3, 0.4) is 0 Å². The van der Waals surface area contributed by atoms with Crippen LogP contribution in [0.4, 0.5) is 4.39 Å². The van der Waals surface area contributed by atoms with Crippen LogP contribution in [0.5, 0.6) is 11.5 Å². The van der Waals surface area contributed by atoms with Crippen LogP contribution >= 0.6 is 0 Å². The van der Waals surface area contributed by atoms with E-state index in [2.05, 4.69) is 12.2 Å². The maximum absolute atomic E-state index is 12.9. The number of hydrogen-bond acceptors (Lipinski definition) is 2. The first-order valence-corrected chi connectivity index (χ1v) is 6.44. The van der Waals surface area contributed by atoms with E-state index in [1.165, 1.54) is 12.1 Å². The zero-order valence-electron chi connectivity index (χ0n) is 11.2. The number of para-hydroxylation sites is 1. The van der Waals surface area contributed by atoms with E-state index >= 15 is 0 Å². The second kappa shape index (κ2) is 6.34. The Morgan fingerprint density at radius 3 is 2.42 bits per heavy atom. The van der Waals surface area contributed by atoms with Gasteiger partial charge in [-0.25, -0.2) is 4.39 Å². The van der Waals surface area contributed by atoms with Gasteiger partial charge in [0.25, 0.3) is 0 Å². The minimum Gasteiger partial charge on any atom is -0.457 e. The average molecular weight is 259 g/mol. The molecule has 1 atom stereocenters. The lowest BCUT2D eigenvalue weighted by atomic mass is 10.0. The van der Waals surface area contributed by atoms with Crippen molar-refractivity contribution in [3.63, 3.8) is 0 Å². The molecule has 0 aliphatic heterocycles. The number of rotatable bonds is 5. The van der Waals surface area contributed by atoms with Crippen LogP contribution in [-0.2, 0) is 0 Å². The van der Waals surface area contributed by atoms with Crippen molar-refractivity contribution in [3.8, 4) is 11.5 Å². The quantitative estimate of drug-likeness (QED) is 0.865. The fraction of sp³-hybridized carbons (Fsp3) is 0.250. The number of hydrogen-bond donors (Lipinski definition) is 1. The van der Waals surface area contributed by atoms with Gasteiger partial charge >= 0.3 is 0 Å². The van der Waals surface area contributed by atoms with E-state index in [-0.39, 0.29) is 11.9 Å². The summed E-state index contributed by atoms with van der Waals surface area (Å²) in [4.78, 5) is 0. The van der Waals surface area contributed by atoms with Crippen molar-refractivity contribution >= 4 is 0 Å². The molecule has 0 aromatic heterocycles. The van der Waals surface area contributed by atoms with Gasteiger partial charge in [-0.1, -0.05) is 25.1 Å². The van der Waals surface area contributed by atoms with Crippen molar-refractivity contribution in [2.45, 2.75) is 19.4 Å². The number of ether oxygens (including phenoxy) is 1. The lowest BCUT2D eigenvalue weighted by molar-refractivity contribution is 0.457. The zero-order chi connectivity index (χ0) is 13.7. The first kappa shape index (κ1) is 13.6. The van der Waals surface area contributed by atoms with E-state index in [4.69, 9.17) is 4.74 Å². The standard InChI is InChI=1S/C16H18FNO/c1-3-15(18-2)14-6-4-5-7-16(14)19-13-10-8-12(17)9-11-13/h4-11,15,18H,3H2,1-2H3. The van der Waals surface area contributed by atoms with Crippen molar-refractivity contribution < 1.29 is 9.13 Å². The second-order valence-corrected chi connectivity index (χ2v) is 4.34. The molecule has 2 nitrogen and oxygen atoms in total. The van der Waals surface area contributed by atoms with Crippen molar-refractivity contribution in [3.05, 3.63) is 59.9 Å². The Balaban J connectivity index is 2.27. The Hall–Kier alpha value is -1.87. The molecule has 0 radical (unpaired) electrons. The molecule has 0 aliphatic carbocycles. The van der Waals surface area contributed by atoms with Gasteiger partial charge in [0.15, 0.2) is 0 Å². The molecule has 100 valence electrons. The molecule has 0 saturated heterocycles. The van der Waals surface area contributed by atoms with Crippen molar-refractivity contribution in [2.75, 3.05) is 7.05 Å². The van der Waals surface area contributed by atoms with Gasteiger partial charge in [-0.2, -0.15) is 0 Å². The summed E-state index contributed by atoms with van der Waals surface area (Å²) in [5, 5.41) is 3.26. The normalized spacial score (nSPS) is 12.2. The fourth-order valence-corrected chi connectivity index (χ4v) is 2.07. The van der Waals surface area contributed by atoms with E-state index in [0.717, 1.165) is 17.7 Å². The molecule has 3 heteroatoms. The predicted octanol–water partition coefficient (Wildman–Crippen LogP) is 4.29. The summed E-state index contributed by atoms with van der Waals surface area (Å²) in [6.07, 6.45) is 0.973. The van der Waals surface area contributed by atoms with Gasteiger partial charge in [0, 0.05) is 11.6 Å². The molecule has 1 N–H and O–H groups in total. The molecule has 19 heavy (non-hydrogen) atoms. The van der Waals surface area contributed by atoms with E-state index in [1.54, 1.807) is 12.1 Å². The maximum Gasteiger partial charge on any atom is 0.132 e. The van der Waals surface area contributed by atoms with Gasteiger partial charge in [0.2, 0.25) is 0 Å². The SMILES string of the molecule is CCC(NC)c1ccccc1Oc1ccc(F)cc1. The van der Waals surface area contributed by atoms with Gasteiger partial charge in [0.05, 0.1) is 0 Å². The summed E-state index contributed by atoms with van der Waals surface area (Å²) in [5.41, 5.74) is 1.11. The smallest absolute Gasteiger partial charge is 0.132 e. The molecule has 0 saturated carbocycles. The molecular formula is C16H18FNO. The molecule has 2 aromatic rings. The van der Waals surface area contributed by atoms with Crippen LogP contribution in [-0.4, -0.2) is 7.05 Å². The molecular weight excluding hydrogens is 241 g/mol. The van der Waals surface area contributed by atoms with E-state index in [0.29, 0.717) is 5.75 Å². The maximum atomic E-state index is 12.9.